The van der Waals surface area contributed by atoms with Crippen LogP contribution in [0.5, 0.6) is 5.75 Å². The molecule has 0 aliphatic rings. The third kappa shape index (κ3) is 1.74. The van der Waals surface area contributed by atoms with Crippen molar-refractivity contribution in [3.05, 3.63) is 30.6 Å². The van der Waals surface area contributed by atoms with E-state index in [1.165, 1.54) is 13.4 Å². The molecule has 8 nitrogen and oxygen atoms in total. The summed E-state index contributed by atoms with van der Waals surface area (Å²) in [6, 6.07) is 7.56. The molecule has 0 aliphatic carbocycles. The lowest BCUT2D eigenvalue weighted by atomic mass is 10.3. The lowest BCUT2D eigenvalue weighted by Crippen LogP contribution is -2.13. The van der Waals surface area contributed by atoms with Crippen molar-refractivity contribution in [2.75, 3.05) is 12.5 Å². The molecule has 1 aromatic carbocycles. The zero-order valence-electron chi connectivity index (χ0n) is 10.1. The summed E-state index contributed by atoms with van der Waals surface area (Å²) < 4.78 is 6.86. The standard InChI is InChI=1S/C11H11N7O/c1-19-9-10(15-12)13-6-14-11(9)18-8-5-3-2-4-7(8)16-17-18/h2-6H,12H2,1H3,(H,13,14,15). The quantitative estimate of drug-likeness (QED) is 0.520. The van der Waals surface area contributed by atoms with E-state index in [0.29, 0.717) is 17.4 Å². The molecule has 0 atom stereocenters. The molecule has 3 rings (SSSR count). The van der Waals surface area contributed by atoms with Gasteiger partial charge in [0.25, 0.3) is 0 Å². The number of nitrogen functional groups attached to an aromatic ring is 1. The highest BCUT2D eigenvalue weighted by Crippen LogP contribution is 2.28. The molecule has 0 aliphatic heterocycles. The molecule has 0 fully saturated rings. The molecule has 2 aromatic heterocycles. The zero-order chi connectivity index (χ0) is 13.2. The van der Waals surface area contributed by atoms with E-state index in [1.54, 1.807) is 4.68 Å². The number of nitrogens with zero attached hydrogens (tertiary/aromatic N) is 5. The van der Waals surface area contributed by atoms with Crippen LogP contribution in [0.3, 0.4) is 0 Å². The van der Waals surface area contributed by atoms with Crippen molar-refractivity contribution in [2.45, 2.75) is 0 Å². The van der Waals surface area contributed by atoms with Crippen LogP contribution in [-0.2, 0) is 0 Å². The number of benzene rings is 1. The number of rotatable bonds is 3. The van der Waals surface area contributed by atoms with Crippen molar-refractivity contribution in [1.82, 2.24) is 25.0 Å². The predicted octanol–water partition coefficient (Wildman–Crippen LogP) is 0.505. The third-order valence-corrected chi connectivity index (χ3v) is 2.68. The van der Waals surface area contributed by atoms with Gasteiger partial charge in [-0.2, -0.15) is 4.68 Å². The van der Waals surface area contributed by atoms with E-state index in [4.69, 9.17) is 10.6 Å². The van der Waals surface area contributed by atoms with E-state index >= 15 is 0 Å². The number of para-hydroxylation sites is 1. The predicted molar refractivity (Wildman–Crippen MR) is 68.8 cm³/mol. The summed E-state index contributed by atoms with van der Waals surface area (Å²) in [6.45, 7) is 0. The Balaban J connectivity index is 2.27. The van der Waals surface area contributed by atoms with Gasteiger partial charge in [0.05, 0.1) is 12.6 Å². The monoisotopic (exact) mass is 257 g/mol. The van der Waals surface area contributed by atoms with Gasteiger partial charge in [0.1, 0.15) is 11.8 Å². The number of methoxy groups -OCH3 is 1. The first kappa shape index (κ1) is 11.4. The Bertz CT molecular complexity index is 724. The molecule has 0 bridgehead atoms. The Morgan fingerprint density at radius 3 is 2.89 bits per heavy atom. The summed E-state index contributed by atoms with van der Waals surface area (Å²) >= 11 is 0. The molecule has 8 heteroatoms. The molecule has 0 saturated carbocycles. The van der Waals surface area contributed by atoms with Crippen molar-refractivity contribution < 1.29 is 4.74 Å². The number of hydrogen-bond donors (Lipinski definition) is 2. The molecule has 0 radical (unpaired) electrons. The lowest BCUT2D eigenvalue weighted by molar-refractivity contribution is 0.409. The zero-order valence-corrected chi connectivity index (χ0v) is 10.1. The highest BCUT2D eigenvalue weighted by Gasteiger charge is 2.16. The highest BCUT2D eigenvalue weighted by atomic mass is 16.5. The van der Waals surface area contributed by atoms with Crippen LogP contribution in [0.2, 0.25) is 0 Å². The third-order valence-electron chi connectivity index (χ3n) is 2.68. The molecular weight excluding hydrogens is 246 g/mol. The minimum Gasteiger partial charge on any atom is -0.490 e. The summed E-state index contributed by atoms with van der Waals surface area (Å²) in [7, 11) is 1.52. The molecule has 96 valence electrons. The smallest absolute Gasteiger partial charge is 0.207 e. The lowest BCUT2D eigenvalue weighted by Gasteiger charge is -2.10. The largest absolute Gasteiger partial charge is 0.490 e. The van der Waals surface area contributed by atoms with Crippen LogP contribution in [0, 0.1) is 0 Å². The Labute approximate surface area is 108 Å². The SMILES string of the molecule is COc1c(NN)ncnc1-n1nnc2ccccc21. The van der Waals surface area contributed by atoms with Crippen LogP contribution in [0.1, 0.15) is 0 Å². The van der Waals surface area contributed by atoms with E-state index in [2.05, 4.69) is 25.7 Å². The minimum absolute atomic E-state index is 0.382. The van der Waals surface area contributed by atoms with Crippen molar-refractivity contribution in [3.8, 4) is 11.6 Å². The summed E-state index contributed by atoms with van der Waals surface area (Å²) in [6.07, 6.45) is 1.38. The van der Waals surface area contributed by atoms with Crippen molar-refractivity contribution in [1.29, 1.82) is 0 Å². The van der Waals surface area contributed by atoms with Crippen molar-refractivity contribution in [3.63, 3.8) is 0 Å². The summed E-state index contributed by atoms with van der Waals surface area (Å²) in [5.74, 6) is 6.65. The molecular formula is C11H11N7O. The number of fused-ring (bicyclic) bond motifs is 1. The summed E-state index contributed by atoms with van der Waals surface area (Å²) in [4.78, 5) is 8.16. The molecule has 2 heterocycles. The van der Waals surface area contributed by atoms with E-state index in [-0.39, 0.29) is 0 Å². The number of aromatic nitrogens is 5. The first-order chi connectivity index (χ1) is 9.35. The van der Waals surface area contributed by atoms with Crippen LogP contribution in [0.4, 0.5) is 5.82 Å². The fraction of sp³-hybridized carbons (Fsp3) is 0.0909. The fourth-order valence-electron chi connectivity index (χ4n) is 1.83. The van der Waals surface area contributed by atoms with Crippen LogP contribution >= 0.6 is 0 Å². The van der Waals surface area contributed by atoms with Gasteiger partial charge in [0.15, 0.2) is 5.82 Å². The van der Waals surface area contributed by atoms with Crippen LogP contribution in [0.25, 0.3) is 16.9 Å². The van der Waals surface area contributed by atoms with Gasteiger partial charge in [-0.05, 0) is 12.1 Å². The maximum Gasteiger partial charge on any atom is 0.207 e. The normalized spacial score (nSPS) is 10.6. The van der Waals surface area contributed by atoms with Crippen LogP contribution in [-0.4, -0.2) is 32.1 Å². The second-order valence-electron chi connectivity index (χ2n) is 3.71. The average molecular weight is 257 g/mol. The Kier molecular flexibility index (Phi) is 2.69. The molecule has 3 N–H and O–H groups in total. The molecule has 0 unspecified atom stereocenters. The molecule has 0 spiro atoms. The Hall–Kier alpha value is -2.74. The van der Waals surface area contributed by atoms with Crippen molar-refractivity contribution in [2.24, 2.45) is 5.84 Å². The van der Waals surface area contributed by atoms with Gasteiger partial charge in [-0.3, -0.25) is 0 Å². The summed E-state index contributed by atoms with van der Waals surface area (Å²) in [5.41, 5.74) is 4.05. The van der Waals surface area contributed by atoms with E-state index in [9.17, 15) is 0 Å². The van der Waals surface area contributed by atoms with E-state index in [0.717, 1.165) is 11.0 Å². The number of ether oxygens (including phenoxy) is 1. The Morgan fingerprint density at radius 1 is 1.26 bits per heavy atom. The first-order valence-electron chi connectivity index (χ1n) is 5.51. The highest BCUT2D eigenvalue weighted by molar-refractivity contribution is 5.76. The molecule has 19 heavy (non-hydrogen) atoms. The van der Waals surface area contributed by atoms with Gasteiger partial charge < -0.3 is 10.2 Å². The number of hydrazine groups is 1. The molecule has 0 amide bonds. The maximum atomic E-state index is 5.40. The van der Waals surface area contributed by atoms with Crippen LogP contribution < -0.4 is 16.0 Å². The van der Waals surface area contributed by atoms with Gasteiger partial charge in [-0.1, -0.05) is 17.3 Å². The fourth-order valence-corrected chi connectivity index (χ4v) is 1.83. The van der Waals surface area contributed by atoms with Gasteiger partial charge in [0, 0.05) is 0 Å². The van der Waals surface area contributed by atoms with E-state index < -0.39 is 0 Å². The van der Waals surface area contributed by atoms with Crippen LogP contribution in [0.15, 0.2) is 30.6 Å². The number of hydrogen-bond acceptors (Lipinski definition) is 7. The summed E-state index contributed by atoms with van der Waals surface area (Å²) in [5, 5.41) is 8.15. The average Bonchev–Trinajstić information content (AvgIpc) is 2.90. The maximum absolute atomic E-state index is 5.40. The molecule has 3 aromatic rings. The van der Waals surface area contributed by atoms with E-state index in [1.807, 2.05) is 24.3 Å². The minimum atomic E-state index is 0.382. The molecule has 0 saturated heterocycles. The van der Waals surface area contributed by atoms with Gasteiger partial charge in [-0.15, -0.1) is 5.10 Å². The second kappa shape index (κ2) is 4.50. The van der Waals surface area contributed by atoms with Gasteiger partial charge in [-0.25, -0.2) is 15.8 Å². The van der Waals surface area contributed by atoms with Gasteiger partial charge in [0.2, 0.25) is 11.6 Å². The number of nitrogens with two attached hydrogens (primary N) is 1. The topological polar surface area (TPSA) is 104 Å². The second-order valence-corrected chi connectivity index (χ2v) is 3.71. The van der Waals surface area contributed by atoms with Crippen molar-refractivity contribution >= 4 is 16.9 Å². The number of nitrogens with one attached hydrogen (secondary N) is 1. The number of anilines is 1. The Morgan fingerprint density at radius 2 is 2.11 bits per heavy atom. The first-order valence-corrected chi connectivity index (χ1v) is 5.51. The van der Waals surface area contributed by atoms with Gasteiger partial charge >= 0.3 is 0 Å².